The van der Waals surface area contributed by atoms with Gasteiger partial charge in [0.1, 0.15) is 11.6 Å². The van der Waals surface area contributed by atoms with Crippen LogP contribution >= 0.6 is 0 Å². The lowest BCUT2D eigenvalue weighted by atomic mass is 10.0. The number of hydrogen-bond acceptors (Lipinski definition) is 4. The number of aryl methyl sites for hydroxylation is 1. The molecule has 0 unspecified atom stereocenters. The molecule has 0 spiro atoms. The van der Waals surface area contributed by atoms with Gasteiger partial charge in [0.15, 0.2) is 5.65 Å². The summed E-state index contributed by atoms with van der Waals surface area (Å²) < 4.78 is 15.0. The monoisotopic (exact) mass is 307 g/mol. The maximum Gasteiger partial charge on any atom is 0.163 e. The largest absolute Gasteiger partial charge is 0.383 e. The number of nitrogens with two attached hydrogens (primary N) is 1. The van der Waals surface area contributed by atoms with Crippen LogP contribution in [0.25, 0.3) is 27.7 Å². The van der Waals surface area contributed by atoms with E-state index in [0.29, 0.717) is 5.82 Å². The van der Waals surface area contributed by atoms with Crippen molar-refractivity contribution in [2.45, 2.75) is 13.3 Å². The van der Waals surface area contributed by atoms with Crippen molar-refractivity contribution in [1.29, 1.82) is 0 Å². The van der Waals surface area contributed by atoms with E-state index in [1.54, 1.807) is 29.0 Å². The van der Waals surface area contributed by atoms with Gasteiger partial charge in [-0.2, -0.15) is 5.10 Å². The van der Waals surface area contributed by atoms with E-state index in [1.807, 2.05) is 13.0 Å². The van der Waals surface area contributed by atoms with Gasteiger partial charge in [-0.1, -0.05) is 19.1 Å². The molecule has 0 atom stereocenters. The molecule has 4 aromatic rings. The van der Waals surface area contributed by atoms with Gasteiger partial charge in [-0.3, -0.25) is 0 Å². The Balaban J connectivity index is 2.09. The molecule has 0 saturated heterocycles. The Morgan fingerprint density at radius 1 is 1.13 bits per heavy atom. The summed E-state index contributed by atoms with van der Waals surface area (Å²) in [7, 11) is 0. The van der Waals surface area contributed by atoms with Crippen LogP contribution in [0.1, 0.15) is 12.6 Å². The van der Waals surface area contributed by atoms with Crippen LogP contribution in [0.3, 0.4) is 0 Å². The van der Waals surface area contributed by atoms with Crippen LogP contribution in [-0.4, -0.2) is 19.6 Å². The van der Waals surface area contributed by atoms with Gasteiger partial charge < -0.3 is 5.73 Å². The molecule has 6 heteroatoms. The summed E-state index contributed by atoms with van der Waals surface area (Å²) in [5.74, 6) is 0.161. The number of hydrogen-bond donors (Lipinski definition) is 1. The highest BCUT2D eigenvalue weighted by atomic mass is 19.1. The van der Waals surface area contributed by atoms with Gasteiger partial charge in [0.2, 0.25) is 0 Å². The quantitative estimate of drug-likeness (QED) is 0.617. The van der Waals surface area contributed by atoms with Crippen molar-refractivity contribution < 1.29 is 4.39 Å². The fraction of sp³-hybridized carbons (Fsp3) is 0.118. The van der Waals surface area contributed by atoms with Crippen LogP contribution in [0.15, 0.2) is 42.7 Å². The fourth-order valence-electron chi connectivity index (χ4n) is 2.82. The molecule has 23 heavy (non-hydrogen) atoms. The molecule has 5 nitrogen and oxygen atoms in total. The van der Waals surface area contributed by atoms with E-state index in [9.17, 15) is 4.39 Å². The lowest BCUT2D eigenvalue weighted by Gasteiger charge is -2.04. The summed E-state index contributed by atoms with van der Waals surface area (Å²) in [6, 6.07) is 8.25. The highest BCUT2D eigenvalue weighted by molar-refractivity contribution is 5.91. The second-order valence-corrected chi connectivity index (χ2v) is 5.30. The number of anilines is 1. The summed E-state index contributed by atoms with van der Waals surface area (Å²) in [5, 5.41) is 5.44. The molecule has 2 N–H and O–H groups in total. The van der Waals surface area contributed by atoms with Gasteiger partial charge in [-0.25, -0.2) is 18.9 Å². The van der Waals surface area contributed by atoms with E-state index < -0.39 is 0 Å². The first-order valence-electron chi connectivity index (χ1n) is 7.35. The Bertz CT molecular complexity index is 1020. The summed E-state index contributed by atoms with van der Waals surface area (Å²) in [6.07, 6.45) is 4.11. The Morgan fingerprint density at radius 2 is 1.91 bits per heavy atom. The first-order chi connectivity index (χ1) is 11.2. The number of nitrogen functional groups attached to an aromatic ring is 1. The molecule has 114 valence electrons. The van der Waals surface area contributed by atoms with E-state index >= 15 is 0 Å². The predicted molar refractivity (Wildman–Crippen MR) is 87.5 cm³/mol. The molecule has 0 aliphatic heterocycles. The topological polar surface area (TPSA) is 69.1 Å². The highest BCUT2D eigenvalue weighted by Gasteiger charge is 2.17. The van der Waals surface area contributed by atoms with Crippen molar-refractivity contribution in [3.05, 3.63) is 54.2 Å². The number of aromatic nitrogens is 4. The van der Waals surface area contributed by atoms with Crippen molar-refractivity contribution in [3.63, 3.8) is 0 Å². The summed E-state index contributed by atoms with van der Waals surface area (Å²) in [6.45, 7) is 2.03. The van der Waals surface area contributed by atoms with Crippen LogP contribution in [0, 0.1) is 5.82 Å². The van der Waals surface area contributed by atoms with Gasteiger partial charge in [-0.05, 0) is 30.2 Å². The maximum absolute atomic E-state index is 13.2. The first kappa shape index (κ1) is 13.6. The number of benzene rings is 1. The number of pyridine rings is 1. The van der Waals surface area contributed by atoms with Crippen LogP contribution in [0.2, 0.25) is 0 Å². The molecule has 1 aromatic carbocycles. The molecule has 0 saturated carbocycles. The van der Waals surface area contributed by atoms with Crippen molar-refractivity contribution in [2.24, 2.45) is 0 Å². The van der Waals surface area contributed by atoms with Crippen molar-refractivity contribution in [2.75, 3.05) is 5.73 Å². The van der Waals surface area contributed by atoms with E-state index in [-0.39, 0.29) is 5.82 Å². The minimum absolute atomic E-state index is 0.263. The van der Waals surface area contributed by atoms with E-state index in [1.165, 1.54) is 12.1 Å². The SMILES string of the molecule is CCc1nn2c(ncc3c(N)nccc32)c1-c1ccc(F)cc1. The second-order valence-electron chi connectivity index (χ2n) is 5.30. The van der Waals surface area contributed by atoms with Crippen LogP contribution in [0.5, 0.6) is 0 Å². The Kier molecular flexibility index (Phi) is 2.97. The lowest BCUT2D eigenvalue weighted by Crippen LogP contribution is -1.98. The Morgan fingerprint density at radius 3 is 2.65 bits per heavy atom. The zero-order valence-electron chi connectivity index (χ0n) is 12.5. The molecular formula is C17H14FN5. The van der Waals surface area contributed by atoms with Gasteiger partial charge in [0.25, 0.3) is 0 Å². The number of halogens is 1. The molecular weight excluding hydrogens is 293 g/mol. The Labute approximate surface area is 131 Å². The number of nitrogens with zero attached hydrogens (tertiary/aromatic N) is 4. The van der Waals surface area contributed by atoms with E-state index in [0.717, 1.165) is 39.8 Å². The molecule has 3 aromatic heterocycles. The second kappa shape index (κ2) is 5.01. The van der Waals surface area contributed by atoms with Crippen LogP contribution < -0.4 is 5.73 Å². The van der Waals surface area contributed by atoms with E-state index in [2.05, 4.69) is 15.1 Å². The molecule has 0 amide bonds. The average Bonchev–Trinajstić information content (AvgIpc) is 2.95. The minimum atomic E-state index is -0.263. The molecule has 0 aliphatic carbocycles. The van der Waals surface area contributed by atoms with Crippen molar-refractivity contribution in [1.82, 2.24) is 19.6 Å². The lowest BCUT2D eigenvalue weighted by molar-refractivity contribution is 0.628. The Hall–Kier alpha value is -3.02. The van der Waals surface area contributed by atoms with Crippen molar-refractivity contribution in [3.8, 4) is 11.1 Å². The van der Waals surface area contributed by atoms with Gasteiger partial charge >= 0.3 is 0 Å². The average molecular weight is 307 g/mol. The van der Waals surface area contributed by atoms with Crippen LogP contribution in [-0.2, 0) is 6.42 Å². The molecule has 0 fully saturated rings. The highest BCUT2D eigenvalue weighted by Crippen LogP contribution is 2.30. The molecule has 0 bridgehead atoms. The zero-order valence-corrected chi connectivity index (χ0v) is 12.5. The predicted octanol–water partition coefficient (Wildman–Crippen LogP) is 3.23. The third kappa shape index (κ3) is 2.03. The van der Waals surface area contributed by atoms with Crippen molar-refractivity contribution >= 4 is 22.4 Å². The third-order valence-corrected chi connectivity index (χ3v) is 3.94. The standard InChI is InChI=1S/C17H14FN5/c1-2-13-15(10-3-5-11(18)6-4-10)17-21-9-12-14(23(17)22-13)7-8-20-16(12)19/h3-9H,2H2,1H3,(H2,19,20). The zero-order chi connectivity index (χ0) is 16.0. The number of rotatable bonds is 2. The van der Waals surface area contributed by atoms with Gasteiger partial charge in [0.05, 0.1) is 16.6 Å². The first-order valence-corrected chi connectivity index (χ1v) is 7.35. The van der Waals surface area contributed by atoms with E-state index in [4.69, 9.17) is 5.73 Å². The molecule has 3 heterocycles. The summed E-state index contributed by atoms with van der Waals surface area (Å²) >= 11 is 0. The smallest absolute Gasteiger partial charge is 0.163 e. The normalized spacial score (nSPS) is 11.4. The van der Waals surface area contributed by atoms with Gasteiger partial charge in [-0.15, -0.1) is 0 Å². The molecule has 4 rings (SSSR count). The molecule has 0 aliphatic rings. The third-order valence-electron chi connectivity index (χ3n) is 3.94. The fourth-order valence-corrected chi connectivity index (χ4v) is 2.82. The maximum atomic E-state index is 13.2. The minimum Gasteiger partial charge on any atom is -0.383 e. The number of fused-ring (bicyclic) bond motifs is 3. The summed E-state index contributed by atoms with van der Waals surface area (Å²) in [5.41, 5.74) is 10.2. The van der Waals surface area contributed by atoms with Crippen LogP contribution in [0.4, 0.5) is 10.2 Å². The van der Waals surface area contributed by atoms with Gasteiger partial charge in [0, 0.05) is 18.0 Å². The summed E-state index contributed by atoms with van der Waals surface area (Å²) in [4.78, 5) is 8.61. The molecule has 0 radical (unpaired) electrons.